The van der Waals surface area contributed by atoms with Crippen molar-refractivity contribution >= 4 is 11.9 Å². The van der Waals surface area contributed by atoms with Crippen LogP contribution in [0, 0.1) is 6.92 Å². The van der Waals surface area contributed by atoms with E-state index in [0.717, 1.165) is 37.6 Å². The predicted molar refractivity (Wildman–Crippen MR) is 111 cm³/mol. The first-order valence-electron chi connectivity index (χ1n) is 9.97. The van der Waals surface area contributed by atoms with Crippen LogP contribution in [0.25, 0.3) is 0 Å². The van der Waals surface area contributed by atoms with Crippen molar-refractivity contribution in [2.24, 2.45) is 4.99 Å². The van der Waals surface area contributed by atoms with Crippen LogP contribution in [-0.4, -0.2) is 61.6 Å². The predicted octanol–water partition coefficient (Wildman–Crippen LogP) is 2.38. The van der Waals surface area contributed by atoms with Crippen molar-refractivity contribution in [2.75, 3.05) is 32.7 Å². The molecule has 1 aromatic rings. The Morgan fingerprint density at radius 2 is 1.85 bits per heavy atom. The topological polar surface area (TPSA) is 81.9 Å². The molecule has 3 N–H and O–H groups in total. The van der Waals surface area contributed by atoms with Gasteiger partial charge < -0.3 is 20.4 Å². The summed E-state index contributed by atoms with van der Waals surface area (Å²) >= 11 is 0. The van der Waals surface area contributed by atoms with Crippen molar-refractivity contribution in [3.8, 4) is 0 Å². The Hall–Kier alpha value is -2.02. The second-order valence-electron chi connectivity index (χ2n) is 7.15. The second-order valence-corrected chi connectivity index (χ2v) is 7.15. The quantitative estimate of drug-likeness (QED) is 0.312. The molecule has 154 valence electrons. The Kier molecular flexibility index (Phi) is 10.6. The highest BCUT2D eigenvalue weighted by atomic mass is 16.3. The SMILES string of the molecule is CCNC(=NCCCNC(=O)c1occc1C)NCCN(C(C)C)C(C)C. The molecule has 0 aliphatic carbocycles. The molecule has 0 atom stereocenters. The van der Waals surface area contributed by atoms with Crippen LogP contribution in [0.5, 0.6) is 0 Å². The molecule has 0 unspecified atom stereocenters. The van der Waals surface area contributed by atoms with E-state index in [1.165, 1.54) is 6.26 Å². The smallest absolute Gasteiger partial charge is 0.287 e. The number of furan rings is 1. The van der Waals surface area contributed by atoms with Gasteiger partial charge in [-0.3, -0.25) is 14.7 Å². The zero-order chi connectivity index (χ0) is 20.2. The number of guanidine groups is 1. The molecule has 0 fully saturated rings. The number of aryl methyl sites for hydroxylation is 1. The lowest BCUT2D eigenvalue weighted by atomic mass is 10.2. The molecule has 1 amide bonds. The largest absolute Gasteiger partial charge is 0.459 e. The Balaban J connectivity index is 2.34. The Labute approximate surface area is 164 Å². The highest BCUT2D eigenvalue weighted by molar-refractivity contribution is 5.92. The number of aliphatic imine (C=N–C) groups is 1. The molecular formula is C20H37N5O2. The van der Waals surface area contributed by atoms with E-state index >= 15 is 0 Å². The Morgan fingerprint density at radius 1 is 1.15 bits per heavy atom. The first-order chi connectivity index (χ1) is 12.9. The number of carbonyl (C=O) groups is 1. The van der Waals surface area contributed by atoms with Gasteiger partial charge >= 0.3 is 0 Å². The summed E-state index contributed by atoms with van der Waals surface area (Å²) in [7, 11) is 0. The van der Waals surface area contributed by atoms with E-state index in [-0.39, 0.29) is 5.91 Å². The molecule has 1 aromatic heterocycles. The molecule has 0 radical (unpaired) electrons. The van der Waals surface area contributed by atoms with Crippen molar-refractivity contribution in [3.63, 3.8) is 0 Å². The number of carbonyl (C=O) groups excluding carboxylic acids is 1. The van der Waals surface area contributed by atoms with E-state index in [9.17, 15) is 4.79 Å². The first-order valence-corrected chi connectivity index (χ1v) is 9.97. The molecule has 0 spiro atoms. The maximum absolute atomic E-state index is 12.0. The van der Waals surface area contributed by atoms with Crippen LogP contribution < -0.4 is 16.0 Å². The third-order valence-corrected chi connectivity index (χ3v) is 4.29. The minimum atomic E-state index is -0.172. The second kappa shape index (κ2) is 12.4. The summed E-state index contributed by atoms with van der Waals surface area (Å²) < 4.78 is 5.19. The number of amides is 1. The van der Waals surface area contributed by atoms with Gasteiger partial charge in [-0.2, -0.15) is 0 Å². The molecule has 27 heavy (non-hydrogen) atoms. The van der Waals surface area contributed by atoms with Crippen LogP contribution in [-0.2, 0) is 0 Å². The third-order valence-electron chi connectivity index (χ3n) is 4.29. The summed E-state index contributed by atoms with van der Waals surface area (Å²) in [5.41, 5.74) is 0.848. The highest BCUT2D eigenvalue weighted by Gasteiger charge is 2.13. The van der Waals surface area contributed by atoms with E-state index in [0.29, 0.717) is 30.9 Å². The van der Waals surface area contributed by atoms with Crippen molar-refractivity contribution in [1.29, 1.82) is 0 Å². The molecule has 7 heteroatoms. The van der Waals surface area contributed by atoms with Crippen LogP contribution in [0.3, 0.4) is 0 Å². The average Bonchev–Trinajstić information content (AvgIpc) is 3.03. The average molecular weight is 380 g/mol. The maximum Gasteiger partial charge on any atom is 0.287 e. The minimum absolute atomic E-state index is 0.172. The van der Waals surface area contributed by atoms with E-state index in [2.05, 4.69) is 60.5 Å². The molecule has 0 aromatic carbocycles. The molecule has 1 rings (SSSR count). The van der Waals surface area contributed by atoms with Crippen LogP contribution >= 0.6 is 0 Å². The van der Waals surface area contributed by atoms with Gasteiger partial charge in [0.1, 0.15) is 0 Å². The van der Waals surface area contributed by atoms with Gasteiger partial charge in [-0.15, -0.1) is 0 Å². The summed E-state index contributed by atoms with van der Waals surface area (Å²) in [4.78, 5) is 19.0. The van der Waals surface area contributed by atoms with Gasteiger partial charge in [0, 0.05) is 50.4 Å². The molecule has 0 saturated heterocycles. The lowest BCUT2D eigenvalue weighted by Gasteiger charge is -2.30. The van der Waals surface area contributed by atoms with E-state index in [1.54, 1.807) is 6.07 Å². The fraction of sp³-hybridized carbons (Fsp3) is 0.700. The number of hydrogen-bond donors (Lipinski definition) is 3. The Bertz CT molecular complexity index is 573. The lowest BCUT2D eigenvalue weighted by molar-refractivity contribution is 0.0925. The molecule has 0 aliphatic heterocycles. The van der Waals surface area contributed by atoms with Crippen molar-refractivity contribution in [2.45, 2.75) is 60.0 Å². The van der Waals surface area contributed by atoms with Gasteiger partial charge in [0.2, 0.25) is 0 Å². The highest BCUT2D eigenvalue weighted by Crippen LogP contribution is 2.07. The summed E-state index contributed by atoms with van der Waals surface area (Å²) in [6.07, 6.45) is 2.30. The standard InChI is InChI=1S/C20H37N5O2/c1-7-21-20(24-12-13-25(15(2)3)16(4)5)23-11-8-10-22-19(26)18-17(6)9-14-27-18/h9,14-16H,7-8,10-13H2,1-6H3,(H,22,26)(H2,21,23,24). The molecule has 0 bridgehead atoms. The summed E-state index contributed by atoms with van der Waals surface area (Å²) in [6.45, 7) is 16.6. The molecule has 1 heterocycles. The van der Waals surface area contributed by atoms with E-state index < -0.39 is 0 Å². The first kappa shape index (κ1) is 23.0. The van der Waals surface area contributed by atoms with Crippen molar-refractivity contribution in [3.05, 3.63) is 23.7 Å². The van der Waals surface area contributed by atoms with Gasteiger partial charge in [-0.25, -0.2) is 0 Å². The Morgan fingerprint density at radius 3 is 2.41 bits per heavy atom. The fourth-order valence-electron chi connectivity index (χ4n) is 2.92. The summed E-state index contributed by atoms with van der Waals surface area (Å²) in [6, 6.07) is 2.83. The monoisotopic (exact) mass is 379 g/mol. The van der Waals surface area contributed by atoms with Crippen LogP contribution in [0.4, 0.5) is 0 Å². The normalized spacial score (nSPS) is 12.1. The van der Waals surface area contributed by atoms with Crippen molar-refractivity contribution in [1.82, 2.24) is 20.9 Å². The molecule has 0 saturated carbocycles. The van der Waals surface area contributed by atoms with E-state index in [4.69, 9.17) is 4.42 Å². The van der Waals surface area contributed by atoms with Gasteiger partial charge in [0.15, 0.2) is 11.7 Å². The number of hydrogen-bond acceptors (Lipinski definition) is 4. The van der Waals surface area contributed by atoms with Gasteiger partial charge in [0.05, 0.1) is 6.26 Å². The minimum Gasteiger partial charge on any atom is -0.459 e. The lowest BCUT2D eigenvalue weighted by Crippen LogP contribution is -2.45. The molecular weight excluding hydrogens is 342 g/mol. The third kappa shape index (κ3) is 8.47. The molecule has 7 nitrogen and oxygen atoms in total. The number of nitrogens with zero attached hydrogens (tertiary/aromatic N) is 2. The number of nitrogens with one attached hydrogen (secondary N) is 3. The van der Waals surface area contributed by atoms with Gasteiger partial charge in [-0.1, -0.05) is 0 Å². The van der Waals surface area contributed by atoms with Crippen LogP contribution in [0.1, 0.15) is 57.2 Å². The van der Waals surface area contributed by atoms with Gasteiger partial charge in [-0.05, 0) is 54.0 Å². The molecule has 0 aliphatic rings. The van der Waals surface area contributed by atoms with Gasteiger partial charge in [0.25, 0.3) is 5.91 Å². The number of rotatable bonds is 11. The van der Waals surface area contributed by atoms with Crippen molar-refractivity contribution < 1.29 is 9.21 Å². The van der Waals surface area contributed by atoms with Crippen LogP contribution in [0.2, 0.25) is 0 Å². The van der Waals surface area contributed by atoms with Crippen LogP contribution in [0.15, 0.2) is 21.7 Å². The summed E-state index contributed by atoms with van der Waals surface area (Å²) in [5, 5.41) is 9.51. The fourth-order valence-corrected chi connectivity index (χ4v) is 2.92. The zero-order valence-corrected chi connectivity index (χ0v) is 17.8. The zero-order valence-electron chi connectivity index (χ0n) is 17.8. The van der Waals surface area contributed by atoms with E-state index in [1.807, 2.05) is 6.92 Å². The summed E-state index contributed by atoms with van der Waals surface area (Å²) in [5.74, 6) is 1.03. The maximum atomic E-state index is 12.0.